The molecule has 0 saturated heterocycles. The lowest BCUT2D eigenvalue weighted by atomic mass is 10.2. The third-order valence-corrected chi connectivity index (χ3v) is 1.72. The molecular weight excluding hydrogens is 166 g/mol. The molecule has 0 spiro atoms. The summed E-state index contributed by atoms with van der Waals surface area (Å²) in [7, 11) is 1.53. The summed E-state index contributed by atoms with van der Waals surface area (Å²) in [6.45, 7) is 0. The van der Waals surface area contributed by atoms with Crippen LogP contribution in [0.5, 0.6) is 0 Å². The maximum Gasteiger partial charge on any atom is 0.319 e. The molecule has 0 aliphatic heterocycles. The number of rotatable bonds is 1. The Labute approximate surface area is 76.2 Å². The number of nitrogens with two attached hydrogens (primary N) is 1. The highest BCUT2D eigenvalue weighted by molar-refractivity contribution is 5.91. The lowest BCUT2D eigenvalue weighted by Gasteiger charge is -2.14. The van der Waals surface area contributed by atoms with Crippen molar-refractivity contribution in [1.29, 1.82) is 5.26 Å². The summed E-state index contributed by atoms with van der Waals surface area (Å²) in [5.74, 6) is 0. The van der Waals surface area contributed by atoms with Crippen molar-refractivity contribution >= 4 is 11.7 Å². The van der Waals surface area contributed by atoms with Crippen molar-refractivity contribution < 1.29 is 4.79 Å². The molecule has 0 unspecified atom stereocenters. The quantitative estimate of drug-likeness (QED) is 0.693. The third kappa shape index (κ3) is 1.76. The van der Waals surface area contributed by atoms with Gasteiger partial charge in [0, 0.05) is 7.05 Å². The molecule has 0 atom stereocenters. The van der Waals surface area contributed by atoms with Gasteiger partial charge in [-0.15, -0.1) is 0 Å². The van der Waals surface area contributed by atoms with Crippen LogP contribution < -0.4 is 10.6 Å². The summed E-state index contributed by atoms with van der Waals surface area (Å²) >= 11 is 0. The lowest BCUT2D eigenvalue weighted by Crippen LogP contribution is -2.32. The number of hydrogen-bond donors (Lipinski definition) is 1. The van der Waals surface area contributed by atoms with Gasteiger partial charge in [-0.3, -0.25) is 4.90 Å². The number of nitriles is 1. The lowest BCUT2D eigenvalue weighted by molar-refractivity contribution is 0.255. The van der Waals surface area contributed by atoms with Crippen LogP contribution in [-0.2, 0) is 0 Å². The molecule has 0 aliphatic carbocycles. The van der Waals surface area contributed by atoms with Crippen molar-refractivity contribution in [2.75, 3.05) is 11.9 Å². The minimum atomic E-state index is -0.581. The highest BCUT2D eigenvalue weighted by Gasteiger charge is 2.09. The normalized spacial score (nSPS) is 8.92. The second kappa shape index (κ2) is 3.59. The fourth-order valence-electron chi connectivity index (χ4n) is 0.979. The van der Waals surface area contributed by atoms with E-state index in [-0.39, 0.29) is 0 Å². The second-order valence-electron chi connectivity index (χ2n) is 2.53. The Morgan fingerprint density at radius 2 is 2.15 bits per heavy atom. The Morgan fingerprint density at radius 3 is 2.69 bits per heavy atom. The largest absolute Gasteiger partial charge is 0.351 e. The van der Waals surface area contributed by atoms with Crippen molar-refractivity contribution in [3.05, 3.63) is 29.8 Å². The van der Waals surface area contributed by atoms with Gasteiger partial charge in [0.2, 0.25) is 0 Å². The first-order chi connectivity index (χ1) is 6.16. The number of carbonyl (C=O) groups is 1. The SMILES string of the molecule is CN(C(N)=O)c1ccccc1C#N. The van der Waals surface area contributed by atoms with Gasteiger partial charge in [-0.25, -0.2) is 4.79 Å². The van der Waals surface area contributed by atoms with Crippen LogP contribution in [0.25, 0.3) is 0 Å². The number of nitrogens with zero attached hydrogens (tertiary/aromatic N) is 2. The number of benzene rings is 1. The number of carbonyl (C=O) groups excluding carboxylic acids is 1. The van der Waals surface area contributed by atoms with Crippen molar-refractivity contribution in [2.45, 2.75) is 0 Å². The van der Waals surface area contributed by atoms with Crippen molar-refractivity contribution in [3.63, 3.8) is 0 Å². The van der Waals surface area contributed by atoms with Crippen molar-refractivity contribution in [1.82, 2.24) is 0 Å². The molecule has 0 radical (unpaired) electrons. The van der Waals surface area contributed by atoms with Gasteiger partial charge in [0.25, 0.3) is 0 Å². The fraction of sp³-hybridized carbons (Fsp3) is 0.111. The third-order valence-electron chi connectivity index (χ3n) is 1.72. The first-order valence-corrected chi connectivity index (χ1v) is 3.69. The zero-order valence-corrected chi connectivity index (χ0v) is 7.19. The fourth-order valence-corrected chi connectivity index (χ4v) is 0.979. The average molecular weight is 175 g/mol. The summed E-state index contributed by atoms with van der Waals surface area (Å²) in [6.07, 6.45) is 0. The smallest absolute Gasteiger partial charge is 0.319 e. The molecule has 0 saturated carbocycles. The van der Waals surface area contributed by atoms with E-state index in [0.717, 1.165) is 0 Å². The van der Waals surface area contributed by atoms with E-state index in [2.05, 4.69) is 0 Å². The molecule has 66 valence electrons. The predicted molar refractivity (Wildman–Crippen MR) is 49.1 cm³/mol. The molecule has 1 aromatic carbocycles. The minimum Gasteiger partial charge on any atom is -0.351 e. The van der Waals surface area contributed by atoms with E-state index in [1.54, 1.807) is 24.3 Å². The van der Waals surface area contributed by atoms with Crippen LogP contribution >= 0.6 is 0 Å². The molecule has 0 aliphatic rings. The van der Waals surface area contributed by atoms with E-state index in [1.807, 2.05) is 6.07 Å². The Kier molecular flexibility index (Phi) is 2.50. The van der Waals surface area contributed by atoms with Crippen LogP contribution in [0, 0.1) is 11.3 Å². The van der Waals surface area contributed by atoms with E-state index in [1.165, 1.54) is 11.9 Å². The molecular formula is C9H9N3O. The van der Waals surface area contributed by atoms with Gasteiger partial charge in [0.1, 0.15) is 6.07 Å². The van der Waals surface area contributed by atoms with E-state index < -0.39 is 6.03 Å². The summed E-state index contributed by atoms with van der Waals surface area (Å²) in [6, 6.07) is 8.18. The van der Waals surface area contributed by atoms with Crippen LogP contribution in [0.4, 0.5) is 10.5 Å². The zero-order valence-electron chi connectivity index (χ0n) is 7.19. The Morgan fingerprint density at radius 1 is 1.54 bits per heavy atom. The van der Waals surface area contributed by atoms with Gasteiger partial charge in [-0.05, 0) is 12.1 Å². The first kappa shape index (κ1) is 9.07. The predicted octanol–water partition coefficient (Wildman–Crippen LogP) is 1.07. The zero-order chi connectivity index (χ0) is 9.84. The monoisotopic (exact) mass is 175 g/mol. The maximum absolute atomic E-state index is 10.8. The highest BCUT2D eigenvalue weighted by Crippen LogP contribution is 2.17. The molecule has 0 fully saturated rings. The van der Waals surface area contributed by atoms with Crippen LogP contribution in [0.15, 0.2) is 24.3 Å². The first-order valence-electron chi connectivity index (χ1n) is 3.69. The molecule has 0 aromatic heterocycles. The Bertz CT molecular complexity index is 367. The number of hydrogen-bond acceptors (Lipinski definition) is 2. The van der Waals surface area contributed by atoms with Gasteiger partial charge in [-0.1, -0.05) is 12.1 Å². The second-order valence-corrected chi connectivity index (χ2v) is 2.53. The van der Waals surface area contributed by atoms with Gasteiger partial charge in [0.15, 0.2) is 0 Å². The average Bonchev–Trinajstić information content (AvgIpc) is 2.16. The van der Waals surface area contributed by atoms with Crippen LogP contribution in [0.2, 0.25) is 0 Å². The molecule has 0 bridgehead atoms. The van der Waals surface area contributed by atoms with E-state index >= 15 is 0 Å². The molecule has 0 heterocycles. The molecule has 4 nitrogen and oxygen atoms in total. The summed E-state index contributed by atoms with van der Waals surface area (Å²) < 4.78 is 0. The van der Waals surface area contributed by atoms with Gasteiger partial charge >= 0.3 is 6.03 Å². The van der Waals surface area contributed by atoms with Crippen LogP contribution in [-0.4, -0.2) is 13.1 Å². The number of amides is 2. The van der Waals surface area contributed by atoms with Crippen LogP contribution in [0.3, 0.4) is 0 Å². The Balaban J connectivity index is 3.15. The van der Waals surface area contributed by atoms with Gasteiger partial charge in [0.05, 0.1) is 11.3 Å². The molecule has 1 aromatic rings. The number of para-hydroxylation sites is 1. The van der Waals surface area contributed by atoms with E-state index in [9.17, 15) is 4.79 Å². The summed E-state index contributed by atoms with van der Waals surface area (Å²) in [5, 5.41) is 8.72. The topological polar surface area (TPSA) is 70.1 Å². The highest BCUT2D eigenvalue weighted by atomic mass is 16.2. The van der Waals surface area contributed by atoms with Gasteiger partial charge in [-0.2, -0.15) is 5.26 Å². The van der Waals surface area contributed by atoms with E-state index in [4.69, 9.17) is 11.0 Å². The number of primary amides is 1. The van der Waals surface area contributed by atoms with Gasteiger partial charge < -0.3 is 5.73 Å². The molecule has 2 N–H and O–H groups in total. The molecule has 2 amide bonds. The molecule has 4 heteroatoms. The standard InChI is InChI=1S/C9H9N3O/c1-12(9(11)13)8-5-3-2-4-7(8)6-10/h2-5H,1H3,(H2,11,13). The molecule has 13 heavy (non-hydrogen) atoms. The molecule has 1 rings (SSSR count). The minimum absolute atomic E-state index is 0.434. The Hall–Kier alpha value is -2.02. The maximum atomic E-state index is 10.8. The number of anilines is 1. The van der Waals surface area contributed by atoms with Crippen LogP contribution in [0.1, 0.15) is 5.56 Å². The van der Waals surface area contributed by atoms with E-state index in [0.29, 0.717) is 11.3 Å². The number of urea groups is 1. The van der Waals surface area contributed by atoms with Crippen molar-refractivity contribution in [3.8, 4) is 6.07 Å². The van der Waals surface area contributed by atoms with Crippen molar-refractivity contribution in [2.24, 2.45) is 5.73 Å². The summed E-state index contributed by atoms with van der Waals surface area (Å²) in [5.41, 5.74) is 6.03. The summed E-state index contributed by atoms with van der Waals surface area (Å²) in [4.78, 5) is 12.0.